The number of aryl methyl sites for hydroxylation is 1. The maximum absolute atomic E-state index is 13.3. The highest BCUT2D eigenvalue weighted by atomic mass is 35.5. The fourth-order valence-electron chi connectivity index (χ4n) is 1.96. The lowest BCUT2D eigenvalue weighted by molar-refractivity contribution is 0.552. The van der Waals surface area contributed by atoms with Gasteiger partial charge in [0.1, 0.15) is 11.6 Å². The van der Waals surface area contributed by atoms with Crippen molar-refractivity contribution in [2.24, 2.45) is 4.99 Å². The lowest BCUT2D eigenvalue weighted by Crippen LogP contribution is -2.14. The maximum Gasteiger partial charge on any atom is 0.128 e. The normalized spacial score (nSPS) is 11.0. The van der Waals surface area contributed by atoms with E-state index in [1.165, 1.54) is 12.1 Å². The Hall–Kier alpha value is -2.14. The molecule has 0 saturated carbocycles. The second-order valence-corrected chi connectivity index (χ2v) is 5.62. The topological polar surface area (TPSA) is 27.6 Å². The average molecular weight is 338 g/mol. The van der Waals surface area contributed by atoms with Crippen molar-refractivity contribution in [3.8, 4) is 0 Å². The van der Waals surface area contributed by atoms with Crippen LogP contribution in [-0.4, -0.2) is 24.8 Å². The van der Waals surface area contributed by atoms with Crippen LogP contribution in [0.15, 0.2) is 35.3 Å². The molecule has 0 heterocycles. The first-order valence-electron chi connectivity index (χ1n) is 7.16. The van der Waals surface area contributed by atoms with E-state index in [1.54, 1.807) is 12.4 Å². The molecule has 2 aromatic carbocycles. The van der Waals surface area contributed by atoms with Crippen LogP contribution in [0.25, 0.3) is 0 Å². The van der Waals surface area contributed by atoms with Crippen molar-refractivity contribution < 1.29 is 8.78 Å². The van der Waals surface area contributed by atoms with Crippen molar-refractivity contribution in [2.75, 3.05) is 18.9 Å². The van der Waals surface area contributed by atoms with Crippen LogP contribution in [0, 0.1) is 18.6 Å². The number of nitrogens with zero attached hydrogens (tertiary/aromatic N) is 2. The molecule has 0 atom stereocenters. The van der Waals surface area contributed by atoms with Crippen LogP contribution in [0.2, 0.25) is 5.02 Å². The molecule has 23 heavy (non-hydrogen) atoms. The van der Waals surface area contributed by atoms with Gasteiger partial charge in [-0.2, -0.15) is 0 Å². The maximum atomic E-state index is 13.3. The minimum Gasteiger partial charge on any atom is -0.366 e. The Kier molecular flexibility index (Phi) is 5.55. The molecule has 0 saturated heterocycles. The van der Waals surface area contributed by atoms with E-state index in [9.17, 15) is 8.78 Å². The van der Waals surface area contributed by atoms with Crippen LogP contribution in [-0.2, 0) is 0 Å². The first-order chi connectivity index (χ1) is 10.9. The van der Waals surface area contributed by atoms with E-state index in [4.69, 9.17) is 11.6 Å². The summed E-state index contributed by atoms with van der Waals surface area (Å²) < 4.78 is 26.6. The molecule has 6 heteroatoms. The second kappa shape index (κ2) is 7.42. The second-order valence-electron chi connectivity index (χ2n) is 5.25. The SMILES string of the molecule is CCN(C)/C=N\c1cc(C)cc(Nc2cc(F)cc(F)c2)c1Cl. The molecule has 1 N–H and O–H groups in total. The summed E-state index contributed by atoms with van der Waals surface area (Å²) in [6, 6.07) is 6.87. The number of nitrogens with one attached hydrogen (secondary N) is 1. The molecular formula is C17H18ClF2N3. The van der Waals surface area contributed by atoms with Gasteiger partial charge < -0.3 is 10.2 Å². The smallest absolute Gasteiger partial charge is 0.128 e. The Bertz CT molecular complexity index is 712. The van der Waals surface area contributed by atoms with E-state index in [0.29, 0.717) is 16.4 Å². The van der Waals surface area contributed by atoms with Gasteiger partial charge in [0.15, 0.2) is 0 Å². The lowest BCUT2D eigenvalue weighted by Gasteiger charge is -2.13. The molecule has 2 rings (SSSR count). The van der Waals surface area contributed by atoms with Crippen LogP contribution in [0.3, 0.4) is 0 Å². The Labute approximate surface area is 139 Å². The number of aliphatic imine (C=N–C) groups is 1. The van der Waals surface area contributed by atoms with Gasteiger partial charge in [0.2, 0.25) is 0 Å². The van der Waals surface area contributed by atoms with Crippen molar-refractivity contribution in [1.82, 2.24) is 4.90 Å². The van der Waals surface area contributed by atoms with E-state index < -0.39 is 11.6 Å². The minimum atomic E-state index is -0.654. The number of rotatable bonds is 5. The molecule has 0 spiro atoms. The number of halogens is 3. The summed E-state index contributed by atoms with van der Waals surface area (Å²) in [5.41, 5.74) is 2.35. The molecule has 0 fully saturated rings. The van der Waals surface area contributed by atoms with Crippen molar-refractivity contribution >= 4 is 35.0 Å². The minimum absolute atomic E-state index is 0.288. The number of benzene rings is 2. The zero-order valence-electron chi connectivity index (χ0n) is 13.2. The van der Waals surface area contributed by atoms with Crippen LogP contribution in [0.5, 0.6) is 0 Å². The molecule has 2 aromatic rings. The molecule has 0 bridgehead atoms. The zero-order valence-corrected chi connectivity index (χ0v) is 14.0. The predicted molar refractivity (Wildman–Crippen MR) is 92.3 cm³/mol. The van der Waals surface area contributed by atoms with Gasteiger partial charge in [-0.25, -0.2) is 13.8 Å². The van der Waals surface area contributed by atoms with Crippen LogP contribution >= 0.6 is 11.6 Å². The van der Waals surface area contributed by atoms with Gasteiger partial charge in [0.25, 0.3) is 0 Å². The fourth-order valence-corrected chi connectivity index (χ4v) is 2.16. The summed E-state index contributed by atoms with van der Waals surface area (Å²) in [4.78, 5) is 6.27. The molecule has 0 unspecified atom stereocenters. The van der Waals surface area contributed by atoms with Crippen molar-refractivity contribution in [1.29, 1.82) is 0 Å². The van der Waals surface area contributed by atoms with E-state index in [-0.39, 0.29) is 5.69 Å². The van der Waals surface area contributed by atoms with Crippen molar-refractivity contribution in [3.63, 3.8) is 0 Å². The van der Waals surface area contributed by atoms with E-state index in [0.717, 1.165) is 18.2 Å². The Morgan fingerprint density at radius 2 is 1.83 bits per heavy atom. The van der Waals surface area contributed by atoms with E-state index in [2.05, 4.69) is 10.3 Å². The molecule has 0 aliphatic carbocycles. The van der Waals surface area contributed by atoms with Crippen molar-refractivity contribution in [2.45, 2.75) is 13.8 Å². The van der Waals surface area contributed by atoms with Crippen LogP contribution in [0.1, 0.15) is 12.5 Å². The molecule has 122 valence electrons. The van der Waals surface area contributed by atoms with E-state index >= 15 is 0 Å². The molecule has 0 aliphatic heterocycles. The fraction of sp³-hybridized carbons (Fsp3) is 0.235. The first-order valence-corrected chi connectivity index (χ1v) is 7.54. The third-order valence-corrected chi connectivity index (χ3v) is 3.63. The third kappa shape index (κ3) is 4.66. The predicted octanol–water partition coefficient (Wildman–Crippen LogP) is 5.28. The van der Waals surface area contributed by atoms with Crippen LogP contribution in [0.4, 0.5) is 25.8 Å². The summed E-state index contributed by atoms with van der Waals surface area (Å²) in [6.45, 7) is 4.73. The number of anilines is 2. The molecule has 0 radical (unpaired) electrons. The lowest BCUT2D eigenvalue weighted by atomic mass is 10.2. The third-order valence-electron chi connectivity index (χ3n) is 3.23. The summed E-state index contributed by atoms with van der Waals surface area (Å²) in [6.07, 6.45) is 1.69. The summed E-state index contributed by atoms with van der Waals surface area (Å²) in [5.74, 6) is -1.31. The van der Waals surface area contributed by atoms with Crippen molar-refractivity contribution in [3.05, 3.63) is 52.6 Å². The number of hydrogen-bond acceptors (Lipinski definition) is 2. The largest absolute Gasteiger partial charge is 0.366 e. The van der Waals surface area contributed by atoms with Gasteiger partial charge in [-0.3, -0.25) is 0 Å². The quantitative estimate of drug-likeness (QED) is 0.593. The highest BCUT2D eigenvalue weighted by molar-refractivity contribution is 6.36. The molecule has 0 amide bonds. The van der Waals surface area contributed by atoms with Gasteiger partial charge in [0.05, 0.1) is 22.7 Å². The first kappa shape index (κ1) is 17.2. The zero-order chi connectivity index (χ0) is 17.0. The van der Waals surface area contributed by atoms with Gasteiger partial charge in [-0.15, -0.1) is 0 Å². The van der Waals surface area contributed by atoms with E-state index in [1.807, 2.05) is 31.9 Å². The summed E-state index contributed by atoms with van der Waals surface area (Å²) in [5, 5.41) is 3.33. The van der Waals surface area contributed by atoms with Gasteiger partial charge in [-0.1, -0.05) is 11.6 Å². The Morgan fingerprint density at radius 1 is 1.17 bits per heavy atom. The molecule has 0 aromatic heterocycles. The summed E-state index contributed by atoms with van der Waals surface area (Å²) >= 11 is 6.35. The van der Waals surface area contributed by atoms with Gasteiger partial charge in [0, 0.05) is 25.3 Å². The standard InChI is InChI=1S/C17H18ClF2N3/c1-4-23(3)10-21-15-5-11(2)6-16(17(15)18)22-14-8-12(19)7-13(20)9-14/h5-10,22H,4H2,1-3H3/b21-10-. The summed E-state index contributed by atoms with van der Waals surface area (Å²) in [7, 11) is 1.90. The highest BCUT2D eigenvalue weighted by Crippen LogP contribution is 2.35. The molecule has 0 aliphatic rings. The van der Waals surface area contributed by atoms with Crippen LogP contribution < -0.4 is 5.32 Å². The average Bonchev–Trinajstić information content (AvgIpc) is 2.47. The van der Waals surface area contributed by atoms with Gasteiger partial charge >= 0.3 is 0 Å². The Morgan fingerprint density at radius 3 is 2.43 bits per heavy atom. The monoisotopic (exact) mass is 337 g/mol. The van der Waals surface area contributed by atoms with Gasteiger partial charge in [-0.05, 0) is 43.7 Å². The number of hydrogen-bond donors (Lipinski definition) is 1. The Balaban J connectivity index is 2.35. The molecular weight excluding hydrogens is 320 g/mol. The molecule has 3 nitrogen and oxygen atoms in total. The highest BCUT2D eigenvalue weighted by Gasteiger charge is 2.09.